The first-order valence-corrected chi connectivity index (χ1v) is 7.41. The molecule has 4 heteroatoms. The van der Waals surface area contributed by atoms with Crippen molar-refractivity contribution in [3.63, 3.8) is 0 Å². The summed E-state index contributed by atoms with van der Waals surface area (Å²) in [6, 6.07) is 19.0. The quantitative estimate of drug-likeness (QED) is 0.755. The molecular weight excluding hydrogens is 260 g/mol. The molecule has 1 aliphatic heterocycles. The van der Waals surface area contributed by atoms with Gasteiger partial charge in [-0.05, 0) is 18.2 Å². The van der Waals surface area contributed by atoms with Gasteiger partial charge in [-0.15, -0.1) is 0 Å². The van der Waals surface area contributed by atoms with Gasteiger partial charge in [-0.25, -0.2) is 4.68 Å². The van der Waals surface area contributed by atoms with Gasteiger partial charge >= 0.3 is 0 Å². The van der Waals surface area contributed by atoms with Crippen molar-refractivity contribution in [3.05, 3.63) is 60.3 Å². The maximum Gasteiger partial charge on any atom is 0.0890 e. The third kappa shape index (κ3) is 2.22. The van der Waals surface area contributed by atoms with E-state index < -0.39 is 0 Å². The maximum absolute atomic E-state index is 4.90. The minimum absolute atomic E-state index is 0.272. The fourth-order valence-corrected chi connectivity index (χ4v) is 2.96. The van der Waals surface area contributed by atoms with Crippen LogP contribution in [0.25, 0.3) is 16.6 Å². The van der Waals surface area contributed by atoms with Gasteiger partial charge < -0.3 is 10.6 Å². The van der Waals surface area contributed by atoms with E-state index in [4.69, 9.17) is 5.10 Å². The van der Waals surface area contributed by atoms with E-state index in [2.05, 4.69) is 47.0 Å². The topological polar surface area (TPSA) is 41.9 Å². The Morgan fingerprint density at radius 1 is 0.952 bits per heavy atom. The van der Waals surface area contributed by atoms with E-state index >= 15 is 0 Å². The van der Waals surface area contributed by atoms with Gasteiger partial charge in [-0.1, -0.05) is 36.4 Å². The summed E-state index contributed by atoms with van der Waals surface area (Å²) in [4.78, 5) is 0. The van der Waals surface area contributed by atoms with Crippen LogP contribution in [0.5, 0.6) is 0 Å². The van der Waals surface area contributed by atoms with Crippen molar-refractivity contribution in [1.29, 1.82) is 0 Å². The number of nitrogens with zero attached hydrogens (tertiary/aromatic N) is 2. The molecule has 2 heterocycles. The summed E-state index contributed by atoms with van der Waals surface area (Å²) in [5.41, 5.74) is 3.39. The zero-order valence-corrected chi connectivity index (χ0v) is 11.8. The molecular formula is C17H18N4. The lowest BCUT2D eigenvalue weighted by molar-refractivity contribution is 0.423. The van der Waals surface area contributed by atoms with E-state index in [1.165, 1.54) is 5.39 Å². The zero-order chi connectivity index (χ0) is 14.1. The van der Waals surface area contributed by atoms with Crippen molar-refractivity contribution in [2.75, 3.05) is 19.6 Å². The third-order valence-corrected chi connectivity index (χ3v) is 3.99. The van der Waals surface area contributed by atoms with E-state index in [0.29, 0.717) is 0 Å². The summed E-state index contributed by atoms with van der Waals surface area (Å²) in [6.07, 6.45) is 0. The van der Waals surface area contributed by atoms with Crippen LogP contribution in [0.2, 0.25) is 0 Å². The van der Waals surface area contributed by atoms with Crippen molar-refractivity contribution in [3.8, 4) is 5.69 Å². The Bertz CT molecular complexity index is 742. The van der Waals surface area contributed by atoms with E-state index in [9.17, 15) is 0 Å². The number of fused-ring (bicyclic) bond motifs is 1. The molecule has 1 atom stereocenters. The van der Waals surface area contributed by atoms with Crippen molar-refractivity contribution < 1.29 is 0 Å². The monoisotopic (exact) mass is 278 g/mol. The van der Waals surface area contributed by atoms with Crippen molar-refractivity contribution in [2.45, 2.75) is 6.04 Å². The second-order valence-electron chi connectivity index (χ2n) is 5.36. The molecule has 106 valence electrons. The van der Waals surface area contributed by atoms with Crippen LogP contribution in [-0.2, 0) is 0 Å². The smallest absolute Gasteiger partial charge is 0.0890 e. The first-order valence-electron chi connectivity index (χ1n) is 7.41. The maximum atomic E-state index is 4.90. The molecule has 0 aliphatic carbocycles. The van der Waals surface area contributed by atoms with Crippen LogP contribution in [0.4, 0.5) is 0 Å². The lowest BCUT2D eigenvalue weighted by Gasteiger charge is -2.23. The minimum atomic E-state index is 0.272. The molecule has 21 heavy (non-hydrogen) atoms. The molecule has 1 unspecified atom stereocenters. The van der Waals surface area contributed by atoms with Crippen molar-refractivity contribution >= 4 is 10.9 Å². The van der Waals surface area contributed by atoms with Gasteiger partial charge in [0.1, 0.15) is 0 Å². The fourth-order valence-electron chi connectivity index (χ4n) is 2.96. The molecule has 2 aromatic carbocycles. The van der Waals surface area contributed by atoms with Gasteiger partial charge in [0.2, 0.25) is 0 Å². The van der Waals surface area contributed by atoms with Crippen LogP contribution >= 0.6 is 0 Å². The number of rotatable bonds is 2. The molecule has 4 rings (SSSR count). The highest BCUT2D eigenvalue weighted by atomic mass is 15.3. The second-order valence-corrected chi connectivity index (χ2v) is 5.36. The number of aromatic nitrogens is 2. The van der Waals surface area contributed by atoms with Crippen molar-refractivity contribution in [1.82, 2.24) is 20.4 Å². The van der Waals surface area contributed by atoms with Gasteiger partial charge in [0.15, 0.2) is 0 Å². The summed E-state index contributed by atoms with van der Waals surface area (Å²) in [5.74, 6) is 0. The van der Waals surface area contributed by atoms with Crippen molar-refractivity contribution in [2.24, 2.45) is 0 Å². The number of benzene rings is 2. The van der Waals surface area contributed by atoms with Gasteiger partial charge in [0.25, 0.3) is 0 Å². The predicted molar refractivity (Wildman–Crippen MR) is 84.7 cm³/mol. The molecule has 3 aromatic rings. The standard InChI is InChI=1S/C17H18N4/c1-2-6-13(7-3-1)21-16-9-5-4-8-14(16)17(20-21)15-12-18-10-11-19-15/h1-9,15,18-19H,10-12H2. The largest absolute Gasteiger partial charge is 0.314 e. The number of hydrogen-bond acceptors (Lipinski definition) is 3. The molecule has 0 bridgehead atoms. The fraction of sp³-hybridized carbons (Fsp3) is 0.235. The molecule has 0 amide bonds. The molecule has 2 N–H and O–H groups in total. The SMILES string of the molecule is c1ccc(-n2nc(C3CNCCN3)c3ccccc32)cc1. The second kappa shape index (κ2) is 5.31. The number of piperazine rings is 1. The summed E-state index contributed by atoms with van der Waals surface area (Å²) < 4.78 is 2.04. The normalized spacial score (nSPS) is 19.0. The van der Waals surface area contributed by atoms with Gasteiger partial charge in [-0.3, -0.25) is 0 Å². The Balaban J connectivity index is 1.88. The molecule has 1 aromatic heterocycles. The first kappa shape index (κ1) is 12.6. The van der Waals surface area contributed by atoms with Crippen LogP contribution in [-0.4, -0.2) is 29.4 Å². The molecule has 0 radical (unpaired) electrons. The van der Waals surface area contributed by atoms with E-state index in [1.807, 2.05) is 22.9 Å². The highest BCUT2D eigenvalue weighted by molar-refractivity contribution is 5.84. The zero-order valence-electron chi connectivity index (χ0n) is 11.8. The van der Waals surface area contributed by atoms with Crippen LogP contribution < -0.4 is 10.6 Å². The first-order chi connectivity index (χ1) is 10.4. The summed E-state index contributed by atoms with van der Waals surface area (Å²) in [5, 5.41) is 13.1. The van der Waals surface area contributed by atoms with Crippen LogP contribution in [0.3, 0.4) is 0 Å². The Labute approximate surface area is 123 Å². The van der Waals surface area contributed by atoms with Gasteiger partial charge in [0.05, 0.1) is 22.9 Å². The van der Waals surface area contributed by atoms with Gasteiger partial charge in [0, 0.05) is 25.0 Å². The molecule has 1 saturated heterocycles. The summed E-state index contributed by atoms with van der Waals surface area (Å²) in [7, 11) is 0. The Kier molecular flexibility index (Phi) is 3.18. The average molecular weight is 278 g/mol. The Morgan fingerprint density at radius 3 is 2.57 bits per heavy atom. The highest BCUT2D eigenvalue weighted by Crippen LogP contribution is 2.26. The lowest BCUT2D eigenvalue weighted by Crippen LogP contribution is -2.42. The van der Waals surface area contributed by atoms with E-state index in [-0.39, 0.29) is 6.04 Å². The number of para-hydroxylation sites is 2. The molecule has 0 saturated carbocycles. The van der Waals surface area contributed by atoms with Gasteiger partial charge in [-0.2, -0.15) is 5.10 Å². The summed E-state index contributed by atoms with van der Waals surface area (Å²) >= 11 is 0. The number of hydrogen-bond donors (Lipinski definition) is 2. The average Bonchev–Trinajstić information content (AvgIpc) is 2.96. The van der Waals surface area contributed by atoms with E-state index in [1.54, 1.807) is 0 Å². The van der Waals surface area contributed by atoms with Crippen LogP contribution in [0.1, 0.15) is 11.7 Å². The minimum Gasteiger partial charge on any atom is -0.314 e. The summed E-state index contributed by atoms with van der Waals surface area (Å²) in [6.45, 7) is 2.93. The third-order valence-electron chi connectivity index (χ3n) is 3.99. The van der Waals surface area contributed by atoms with E-state index in [0.717, 1.165) is 36.5 Å². The number of nitrogens with one attached hydrogen (secondary N) is 2. The highest BCUT2D eigenvalue weighted by Gasteiger charge is 2.21. The molecule has 1 aliphatic rings. The Morgan fingerprint density at radius 2 is 1.76 bits per heavy atom. The predicted octanol–water partition coefficient (Wildman–Crippen LogP) is 2.26. The lowest BCUT2D eigenvalue weighted by atomic mass is 10.1. The molecule has 0 spiro atoms. The van der Waals surface area contributed by atoms with Crippen LogP contribution in [0, 0.1) is 0 Å². The van der Waals surface area contributed by atoms with Crippen LogP contribution in [0.15, 0.2) is 54.6 Å². The Hall–Kier alpha value is -2.17. The molecule has 1 fully saturated rings. The molecule has 4 nitrogen and oxygen atoms in total.